The van der Waals surface area contributed by atoms with Gasteiger partial charge in [0.2, 0.25) is 11.8 Å². The van der Waals surface area contributed by atoms with Crippen LogP contribution in [0.3, 0.4) is 0 Å². The lowest BCUT2D eigenvalue weighted by Gasteiger charge is -2.30. The second kappa shape index (κ2) is 12.7. The molecule has 0 radical (unpaired) electrons. The first-order chi connectivity index (χ1) is 16.3. The lowest BCUT2D eigenvalue weighted by atomic mass is 10.0. The van der Waals surface area contributed by atoms with Gasteiger partial charge in [-0.15, -0.1) is 6.42 Å². The number of carbonyl (C=O) groups excluding carboxylic acids is 5. The number of amides is 4. The van der Waals surface area contributed by atoms with E-state index in [1.807, 2.05) is 0 Å². The van der Waals surface area contributed by atoms with Crippen molar-refractivity contribution >= 4 is 29.8 Å². The van der Waals surface area contributed by atoms with Gasteiger partial charge in [0.1, 0.15) is 24.2 Å². The number of ether oxygens (including phenoxy) is 2. The largest absolute Gasteiger partial charge is 0.468 e. The number of benzene rings is 1. The van der Waals surface area contributed by atoms with Gasteiger partial charge in [0.15, 0.2) is 0 Å². The lowest BCUT2D eigenvalue weighted by Crippen LogP contribution is -2.52. The molecule has 0 saturated heterocycles. The molecule has 0 aromatic heterocycles. The van der Waals surface area contributed by atoms with Gasteiger partial charge in [0.25, 0.3) is 5.91 Å². The summed E-state index contributed by atoms with van der Waals surface area (Å²) in [5.74, 6) is -1.05. The van der Waals surface area contributed by atoms with E-state index in [1.54, 1.807) is 20.8 Å². The molecule has 0 bridgehead atoms. The average Bonchev–Trinajstić information content (AvgIpc) is 2.78. The summed E-state index contributed by atoms with van der Waals surface area (Å²) in [6.07, 6.45) is 9.33. The van der Waals surface area contributed by atoms with Crippen molar-refractivity contribution in [1.29, 1.82) is 0 Å². The zero-order valence-corrected chi connectivity index (χ0v) is 19.9. The molecule has 0 fully saturated rings. The summed E-state index contributed by atoms with van der Waals surface area (Å²) in [5.41, 5.74) is 5.09. The molecule has 0 saturated carbocycles. The van der Waals surface area contributed by atoms with Crippen LogP contribution in [0.25, 0.3) is 0 Å². The number of carbonyl (C=O) groups is 5. The fourth-order valence-corrected chi connectivity index (χ4v) is 2.79. The minimum Gasteiger partial charge on any atom is -0.468 e. The first-order valence-electron chi connectivity index (χ1n) is 10.3. The number of nitrogens with one attached hydrogen (secondary N) is 2. The molecule has 11 heteroatoms. The van der Waals surface area contributed by atoms with E-state index in [1.165, 1.54) is 24.3 Å². The highest BCUT2D eigenvalue weighted by Crippen LogP contribution is 2.23. The predicted molar refractivity (Wildman–Crippen MR) is 125 cm³/mol. The van der Waals surface area contributed by atoms with Gasteiger partial charge in [-0.3, -0.25) is 24.1 Å². The third kappa shape index (κ3) is 9.10. The highest BCUT2D eigenvalue weighted by molar-refractivity contribution is 5.96. The second-order valence-electron chi connectivity index (χ2n) is 8.17. The molecule has 2 unspecified atom stereocenters. The van der Waals surface area contributed by atoms with Crippen molar-refractivity contribution in [1.82, 2.24) is 15.5 Å². The summed E-state index contributed by atoms with van der Waals surface area (Å²) < 4.78 is 9.64. The van der Waals surface area contributed by atoms with Crippen LogP contribution in [0.2, 0.25) is 0 Å². The Morgan fingerprint density at radius 2 is 1.71 bits per heavy atom. The Bertz CT molecular complexity index is 1050. The molecule has 4 N–H and O–H groups in total. The fourth-order valence-electron chi connectivity index (χ4n) is 2.79. The lowest BCUT2D eigenvalue weighted by molar-refractivity contribution is -0.143. The molecule has 0 heterocycles. The molecule has 4 amide bonds. The summed E-state index contributed by atoms with van der Waals surface area (Å²) in [5, 5.41) is 4.60. The minimum atomic E-state index is -1.54. The van der Waals surface area contributed by atoms with E-state index in [0.29, 0.717) is 10.5 Å². The monoisotopic (exact) mass is 484 g/mol. The third-order valence-electron chi connectivity index (χ3n) is 4.31. The van der Waals surface area contributed by atoms with Gasteiger partial charge in [-0.2, -0.15) is 0 Å². The van der Waals surface area contributed by atoms with Crippen molar-refractivity contribution in [3.8, 4) is 24.8 Å². The van der Waals surface area contributed by atoms with Crippen molar-refractivity contribution in [2.24, 2.45) is 5.73 Å². The summed E-state index contributed by atoms with van der Waals surface area (Å²) in [6.45, 7) is 4.31. The van der Waals surface area contributed by atoms with E-state index in [-0.39, 0.29) is 5.56 Å². The van der Waals surface area contributed by atoms with Crippen molar-refractivity contribution in [3.05, 3.63) is 35.4 Å². The van der Waals surface area contributed by atoms with E-state index < -0.39 is 60.4 Å². The average molecular weight is 485 g/mol. The zero-order valence-electron chi connectivity index (χ0n) is 19.9. The summed E-state index contributed by atoms with van der Waals surface area (Å²) in [7, 11) is 1.14. The zero-order chi connectivity index (χ0) is 26.8. The Hall–Kier alpha value is -4.51. The standard InChI is InChI=1S/C24H28N4O7/c1-7-15-9-11-16(12-10-15)20(21(31)26-14-19(30)34-6)28(8-2)22(32)17(13-18(25)29)27-23(33)35-24(3,4)5/h1-2,9-12,17,20H,13-14H2,3-6H3,(H2,25,29)(H,26,31)(H,27,33). The Balaban J connectivity index is 3.39. The maximum atomic E-state index is 13.3. The molecule has 11 nitrogen and oxygen atoms in total. The summed E-state index contributed by atoms with van der Waals surface area (Å²) >= 11 is 0. The van der Waals surface area contributed by atoms with Gasteiger partial charge >= 0.3 is 12.1 Å². The number of hydrogen-bond donors (Lipinski definition) is 3. The Morgan fingerprint density at radius 1 is 1.11 bits per heavy atom. The smallest absolute Gasteiger partial charge is 0.408 e. The Morgan fingerprint density at radius 3 is 2.17 bits per heavy atom. The van der Waals surface area contributed by atoms with Crippen LogP contribution >= 0.6 is 0 Å². The number of rotatable bonds is 9. The maximum absolute atomic E-state index is 13.3. The highest BCUT2D eigenvalue weighted by Gasteiger charge is 2.36. The van der Waals surface area contributed by atoms with Gasteiger partial charge in [0, 0.05) is 11.6 Å². The predicted octanol–water partition coefficient (Wildman–Crippen LogP) is 0.186. The van der Waals surface area contributed by atoms with Crippen LogP contribution in [-0.2, 0) is 28.7 Å². The molecular formula is C24H28N4O7. The van der Waals surface area contributed by atoms with Gasteiger partial charge < -0.3 is 25.8 Å². The van der Waals surface area contributed by atoms with E-state index in [4.69, 9.17) is 23.3 Å². The first-order valence-corrected chi connectivity index (χ1v) is 10.3. The molecule has 0 aliphatic carbocycles. The highest BCUT2D eigenvalue weighted by atomic mass is 16.6. The molecule has 186 valence electrons. The number of nitrogens with two attached hydrogens (primary N) is 1. The Labute approximate surface area is 203 Å². The van der Waals surface area contributed by atoms with Crippen LogP contribution in [0.15, 0.2) is 24.3 Å². The SMILES string of the molecule is C#Cc1ccc(C(C(=O)NCC(=O)OC)N(C#C)C(=O)C(CC(N)=O)NC(=O)OC(C)(C)C)cc1. The molecule has 1 aromatic carbocycles. The molecule has 1 rings (SSSR count). The topological polar surface area (TPSA) is 157 Å². The number of hydrogen-bond acceptors (Lipinski definition) is 7. The molecule has 0 aliphatic heterocycles. The Kier molecular flexibility index (Phi) is 10.3. The number of esters is 1. The van der Waals surface area contributed by atoms with E-state index in [9.17, 15) is 24.0 Å². The van der Waals surface area contributed by atoms with E-state index in [2.05, 4.69) is 27.3 Å². The number of terminal acetylenes is 2. The quantitative estimate of drug-likeness (QED) is 0.256. The van der Waals surface area contributed by atoms with Crippen molar-refractivity contribution < 1.29 is 33.4 Å². The van der Waals surface area contributed by atoms with Crippen molar-refractivity contribution in [2.75, 3.05) is 13.7 Å². The fraction of sp³-hybridized carbons (Fsp3) is 0.375. The van der Waals surface area contributed by atoms with Crippen LogP contribution in [0.5, 0.6) is 0 Å². The van der Waals surface area contributed by atoms with Gasteiger partial charge in [-0.1, -0.05) is 24.5 Å². The number of alkyl carbamates (subject to hydrolysis) is 1. The molecule has 1 aromatic rings. The van der Waals surface area contributed by atoms with Crippen LogP contribution < -0.4 is 16.4 Å². The molecule has 35 heavy (non-hydrogen) atoms. The first kappa shape index (κ1) is 28.5. The number of primary amides is 1. The molecule has 2 atom stereocenters. The molecule has 0 aliphatic rings. The summed E-state index contributed by atoms with van der Waals surface area (Å²) in [6, 6.07) is 5.10. The maximum Gasteiger partial charge on any atom is 0.408 e. The van der Waals surface area contributed by atoms with Gasteiger partial charge in [-0.05, 0) is 38.5 Å². The summed E-state index contributed by atoms with van der Waals surface area (Å²) in [4.78, 5) is 62.4. The van der Waals surface area contributed by atoms with Crippen LogP contribution in [-0.4, -0.2) is 60.0 Å². The second-order valence-corrected chi connectivity index (χ2v) is 8.17. The van der Waals surface area contributed by atoms with Crippen LogP contribution in [0.1, 0.15) is 44.4 Å². The number of nitrogens with zero attached hydrogens (tertiary/aromatic N) is 1. The third-order valence-corrected chi connectivity index (χ3v) is 4.31. The molecule has 0 spiro atoms. The van der Waals surface area contributed by atoms with E-state index >= 15 is 0 Å². The van der Waals surface area contributed by atoms with Gasteiger partial charge in [-0.25, -0.2) is 4.79 Å². The normalized spacial score (nSPS) is 12.1. The van der Waals surface area contributed by atoms with Gasteiger partial charge in [0.05, 0.1) is 13.5 Å². The van der Waals surface area contributed by atoms with Crippen LogP contribution in [0, 0.1) is 24.8 Å². The van der Waals surface area contributed by atoms with Crippen molar-refractivity contribution in [3.63, 3.8) is 0 Å². The molecular weight excluding hydrogens is 456 g/mol. The minimum absolute atomic E-state index is 0.243. The van der Waals surface area contributed by atoms with E-state index in [0.717, 1.165) is 7.11 Å². The number of methoxy groups -OCH3 is 1. The van der Waals surface area contributed by atoms with Crippen LogP contribution in [0.4, 0.5) is 4.79 Å². The van der Waals surface area contributed by atoms with Crippen molar-refractivity contribution in [2.45, 2.75) is 44.9 Å².